The van der Waals surface area contributed by atoms with Gasteiger partial charge in [-0.2, -0.15) is 5.10 Å². The lowest BCUT2D eigenvalue weighted by atomic mass is 10.2. The maximum Gasteiger partial charge on any atom is 0.269 e. The maximum atomic E-state index is 13.9. The molecule has 0 fully saturated rings. The number of carbonyl (C=O) groups is 1. The largest absolute Gasteiger partial charge is 0.364 e. The topological polar surface area (TPSA) is 72.9 Å². The molecule has 3 N–H and O–H groups in total. The normalized spacial score (nSPS) is 10.6. The van der Waals surface area contributed by atoms with Crippen LogP contribution in [0.15, 0.2) is 30.5 Å². The fraction of sp³-hybridized carbons (Fsp3) is 0.167. The van der Waals surface area contributed by atoms with Crippen LogP contribution in [0, 0.1) is 5.82 Å². The van der Waals surface area contributed by atoms with Crippen molar-refractivity contribution in [3.63, 3.8) is 0 Å². The van der Waals surface area contributed by atoms with E-state index in [0.29, 0.717) is 6.54 Å². The van der Waals surface area contributed by atoms with Gasteiger partial charge in [-0.05, 0) is 30.8 Å². The van der Waals surface area contributed by atoms with Crippen molar-refractivity contribution < 1.29 is 9.18 Å². The molecule has 1 amide bonds. The van der Waals surface area contributed by atoms with Crippen LogP contribution in [0.5, 0.6) is 0 Å². The van der Waals surface area contributed by atoms with E-state index in [-0.39, 0.29) is 11.4 Å². The average Bonchev–Trinajstić information content (AvgIpc) is 2.79. The minimum atomic E-state index is -0.638. The van der Waals surface area contributed by atoms with Crippen LogP contribution in [0.1, 0.15) is 16.1 Å². The summed E-state index contributed by atoms with van der Waals surface area (Å²) < 4.78 is 15.2. The van der Waals surface area contributed by atoms with E-state index in [2.05, 4.69) is 10.4 Å². The van der Waals surface area contributed by atoms with E-state index in [9.17, 15) is 9.18 Å². The van der Waals surface area contributed by atoms with Gasteiger partial charge in [-0.3, -0.25) is 4.79 Å². The summed E-state index contributed by atoms with van der Waals surface area (Å²) in [6.45, 7) is 0.586. The van der Waals surface area contributed by atoms with E-state index in [1.165, 1.54) is 23.0 Å². The molecule has 5 nitrogen and oxygen atoms in total. The fourth-order valence-corrected chi connectivity index (χ4v) is 1.64. The van der Waals surface area contributed by atoms with Crippen molar-refractivity contribution in [3.05, 3.63) is 47.5 Å². The quantitative estimate of drug-likeness (QED) is 0.841. The molecule has 0 spiro atoms. The number of nitrogens with two attached hydrogens (primary N) is 1. The van der Waals surface area contributed by atoms with E-state index in [1.807, 2.05) is 0 Å². The second kappa shape index (κ2) is 4.97. The molecule has 0 unspecified atom stereocenters. The van der Waals surface area contributed by atoms with Gasteiger partial charge in [-0.15, -0.1) is 0 Å². The number of nitrogens with zero attached hydrogens (tertiary/aromatic N) is 2. The molecule has 0 radical (unpaired) electrons. The van der Waals surface area contributed by atoms with Gasteiger partial charge in [0.25, 0.3) is 5.91 Å². The Bertz CT molecular complexity index is 579. The van der Waals surface area contributed by atoms with Crippen molar-refractivity contribution >= 4 is 5.91 Å². The zero-order valence-corrected chi connectivity index (χ0v) is 9.85. The average molecular weight is 248 g/mol. The first-order valence-corrected chi connectivity index (χ1v) is 5.40. The van der Waals surface area contributed by atoms with Crippen molar-refractivity contribution in [2.75, 3.05) is 7.05 Å². The number of nitrogens with one attached hydrogen (secondary N) is 1. The lowest BCUT2D eigenvalue weighted by Crippen LogP contribution is -2.12. The first-order valence-electron chi connectivity index (χ1n) is 5.40. The summed E-state index contributed by atoms with van der Waals surface area (Å²) >= 11 is 0. The molecule has 0 saturated carbocycles. The lowest BCUT2D eigenvalue weighted by Gasteiger charge is -2.05. The summed E-state index contributed by atoms with van der Waals surface area (Å²) in [5.74, 6) is -1.04. The Morgan fingerprint density at radius 2 is 2.28 bits per heavy atom. The SMILES string of the molecule is CNCc1ccc(-n2ccc(C(N)=O)n2)c(F)c1. The van der Waals surface area contributed by atoms with E-state index in [0.717, 1.165) is 5.56 Å². The molecule has 1 aromatic heterocycles. The zero-order valence-electron chi connectivity index (χ0n) is 9.85. The molecule has 1 heterocycles. The van der Waals surface area contributed by atoms with Crippen molar-refractivity contribution in [1.29, 1.82) is 0 Å². The van der Waals surface area contributed by atoms with Crippen molar-refractivity contribution in [2.24, 2.45) is 5.73 Å². The van der Waals surface area contributed by atoms with Crippen LogP contribution >= 0.6 is 0 Å². The Kier molecular flexibility index (Phi) is 3.38. The smallest absolute Gasteiger partial charge is 0.269 e. The van der Waals surface area contributed by atoms with Crippen LogP contribution in [0.4, 0.5) is 4.39 Å². The Morgan fingerprint density at radius 3 is 2.83 bits per heavy atom. The van der Waals surface area contributed by atoms with Gasteiger partial charge in [0.2, 0.25) is 0 Å². The third-order valence-electron chi connectivity index (χ3n) is 2.48. The number of carbonyl (C=O) groups excluding carboxylic acids is 1. The minimum absolute atomic E-state index is 0.105. The second-order valence-electron chi connectivity index (χ2n) is 3.83. The number of hydrogen-bond acceptors (Lipinski definition) is 3. The van der Waals surface area contributed by atoms with E-state index in [1.54, 1.807) is 19.2 Å². The molecule has 0 aliphatic heterocycles. The molecule has 0 aliphatic rings. The lowest BCUT2D eigenvalue weighted by molar-refractivity contribution is 0.0995. The highest BCUT2D eigenvalue weighted by Gasteiger charge is 2.09. The number of primary amides is 1. The molecule has 2 aromatic rings. The summed E-state index contributed by atoms with van der Waals surface area (Å²) in [4.78, 5) is 10.9. The van der Waals surface area contributed by atoms with Gasteiger partial charge in [-0.1, -0.05) is 6.07 Å². The number of aromatic nitrogens is 2. The summed E-state index contributed by atoms with van der Waals surface area (Å²) in [7, 11) is 1.79. The highest BCUT2D eigenvalue weighted by molar-refractivity contribution is 5.90. The highest BCUT2D eigenvalue weighted by Crippen LogP contribution is 2.15. The molecule has 0 atom stereocenters. The number of hydrogen-bond donors (Lipinski definition) is 2. The minimum Gasteiger partial charge on any atom is -0.364 e. The Labute approximate surface area is 103 Å². The molecule has 0 bridgehead atoms. The molecular formula is C12H13FN4O. The molecular weight excluding hydrogens is 235 g/mol. The van der Waals surface area contributed by atoms with Crippen molar-refractivity contribution in [2.45, 2.75) is 6.54 Å². The Hall–Kier alpha value is -2.21. The zero-order chi connectivity index (χ0) is 13.1. The summed E-state index contributed by atoms with van der Waals surface area (Å²) in [5, 5.41) is 6.84. The van der Waals surface area contributed by atoms with Crippen molar-refractivity contribution in [3.8, 4) is 5.69 Å². The third-order valence-corrected chi connectivity index (χ3v) is 2.48. The second-order valence-corrected chi connectivity index (χ2v) is 3.83. The molecule has 0 saturated heterocycles. The van der Waals surface area contributed by atoms with Crippen LogP contribution in [-0.4, -0.2) is 22.7 Å². The van der Waals surface area contributed by atoms with Gasteiger partial charge in [-0.25, -0.2) is 9.07 Å². The maximum absolute atomic E-state index is 13.9. The summed E-state index contributed by atoms with van der Waals surface area (Å²) in [5.41, 5.74) is 6.31. The van der Waals surface area contributed by atoms with Gasteiger partial charge in [0, 0.05) is 12.7 Å². The molecule has 1 aromatic carbocycles. The van der Waals surface area contributed by atoms with Crippen LogP contribution in [-0.2, 0) is 6.54 Å². The van der Waals surface area contributed by atoms with Crippen LogP contribution in [0.3, 0.4) is 0 Å². The molecule has 6 heteroatoms. The van der Waals surface area contributed by atoms with E-state index < -0.39 is 11.7 Å². The summed E-state index contributed by atoms with van der Waals surface area (Å²) in [6, 6.07) is 6.28. The number of amides is 1. The molecule has 18 heavy (non-hydrogen) atoms. The predicted molar refractivity (Wildman–Crippen MR) is 64.8 cm³/mol. The van der Waals surface area contributed by atoms with Gasteiger partial charge >= 0.3 is 0 Å². The van der Waals surface area contributed by atoms with Crippen LogP contribution < -0.4 is 11.1 Å². The molecule has 94 valence electrons. The number of benzene rings is 1. The van der Waals surface area contributed by atoms with E-state index >= 15 is 0 Å². The Balaban J connectivity index is 2.35. The summed E-state index contributed by atoms with van der Waals surface area (Å²) in [6.07, 6.45) is 1.50. The molecule has 2 rings (SSSR count). The Morgan fingerprint density at radius 1 is 1.50 bits per heavy atom. The standard InChI is InChI=1S/C12H13FN4O/c1-15-7-8-2-3-11(9(13)6-8)17-5-4-10(16-17)12(14)18/h2-6,15H,7H2,1H3,(H2,14,18). The van der Waals surface area contributed by atoms with Gasteiger partial charge < -0.3 is 11.1 Å². The van der Waals surface area contributed by atoms with Crippen LogP contribution in [0.25, 0.3) is 5.69 Å². The van der Waals surface area contributed by atoms with Crippen LogP contribution in [0.2, 0.25) is 0 Å². The van der Waals surface area contributed by atoms with E-state index in [4.69, 9.17) is 5.73 Å². The number of rotatable bonds is 4. The third kappa shape index (κ3) is 2.38. The first kappa shape index (κ1) is 12.3. The first-order chi connectivity index (χ1) is 8.61. The monoisotopic (exact) mass is 248 g/mol. The predicted octanol–water partition coefficient (Wildman–Crippen LogP) is 0.830. The van der Waals surface area contributed by atoms with Crippen molar-refractivity contribution in [1.82, 2.24) is 15.1 Å². The highest BCUT2D eigenvalue weighted by atomic mass is 19.1. The number of halogens is 1. The fourth-order valence-electron chi connectivity index (χ4n) is 1.64. The van der Waals surface area contributed by atoms with Gasteiger partial charge in [0.1, 0.15) is 17.2 Å². The van der Waals surface area contributed by atoms with Gasteiger partial charge in [0.15, 0.2) is 0 Å². The van der Waals surface area contributed by atoms with Gasteiger partial charge in [0.05, 0.1) is 0 Å². The molecule has 0 aliphatic carbocycles.